The van der Waals surface area contributed by atoms with Crippen molar-refractivity contribution in [2.45, 2.75) is 33.6 Å². The molecule has 0 aliphatic carbocycles. The summed E-state index contributed by atoms with van der Waals surface area (Å²) in [7, 11) is 0. The van der Waals surface area contributed by atoms with Gasteiger partial charge in [0, 0.05) is 12.4 Å². The molecule has 0 aliphatic rings. The molecule has 0 saturated carbocycles. The lowest BCUT2D eigenvalue weighted by Gasteiger charge is -2.03. The molecule has 5 nitrogen and oxygen atoms in total. The third kappa shape index (κ3) is 2.00. The molecule has 0 bridgehead atoms. The maximum absolute atomic E-state index is 6.05. The number of hydrogen-bond donors (Lipinski definition) is 1. The predicted octanol–water partition coefficient (Wildman–Crippen LogP) is 1.68. The van der Waals surface area contributed by atoms with E-state index in [1.807, 2.05) is 13.8 Å². The van der Waals surface area contributed by atoms with E-state index in [0.717, 1.165) is 35.5 Å². The summed E-state index contributed by atoms with van der Waals surface area (Å²) in [5.41, 5.74) is 9.73. The third-order valence-corrected chi connectivity index (χ3v) is 2.72. The van der Waals surface area contributed by atoms with Crippen molar-refractivity contribution < 1.29 is 0 Å². The highest BCUT2D eigenvalue weighted by Gasteiger charge is 2.15. The van der Waals surface area contributed by atoms with Crippen molar-refractivity contribution in [1.82, 2.24) is 19.7 Å². The van der Waals surface area contributed by atoms with Crippen molar-refractivity contribution in [3.8, 4) is 5.95 Å². The predicted molar refractivity (Wildman–Crippen MR) is 67.1 cm³/mol. The molecule has 2 aromatic rings. The molecule has 0 atom stereocenters. The van der Waals surface area contributed by atoms with Gasteiger partial charge >= 0.3 is 0 Å². The summed E-state index contributed by atoms with van der Waals surface area (Å²) < 4.78 is 1.74. The highest BCUT2D eigenvalue weighted by molar-refractivity contribution is 5.50. The lowest BCUT2D eigenvalue weighted by atomic mass is 10.2. The van der Waals surface area contributed by atoms with Crippen LogP contribution in [0.1, 0.15) is 30.8 Å². The third-order valence-electron chi connectivity index (χ3n) is 2.72. The van der Waals surface area contributed by atoms with Crippen LogP contribution in [0.4, 0.5) is 5.69 Å². The van der Waals surface area contributed by atoms with Gasteiger partial charge in [0.2, 0.25) is 0 Å². The topological polar surface area (TPSA) is 69.6 Å². The first kappa shape index (κ1) is 11.6. The SMILES string of the molecule is CCc1nn(-c2ncc(C)cn2)c(CC)c1N. The number of nitrogens with two attached hydrogens (primary N) is 1. The Morgan fingerprint density at radius 3 is 2.35 bits per heavy atom. The number of aromatic nitrogens is 4. The summed E-state index contributed by atoms with van der Waals surface area (Å²) in [6.07, 6.45) is 5.20. The Bertz CT molecular complexity index is 512. The Morgan fingerprint density at radius 1 is 1.18 bits per heavy atom. The minimum Gasteiger partial charge on any atom is -0.396 e. The fourth-order valence-corrected chi connectivity index (χ4v) is 1.78. The average Bonchev–Trinajstić information content (AvgIpc) is 2.66. The van der Waals surface area contributed by atoms with Gasteiger partial charge in [-0.1, -0.05) is 13.8 Å². The van der Waals surface area contributed by atoms with E-state index < -0.39 is 0 Å². The van der Waals surface area contributed by atoms with E-state index in [9.17, 15) is 0 Å². The zero-order valence-corrected chi connectivity index (χ0v) is 10.4. The lowest BCUT2D eigenvalue weighted by molar-refractivity contribution is 0.744. The molecule has 0 unspecified atom stereocenters. The van der Waals surface area contributed by atoms with E-state index in [4.69, 9.17) is 5.73 Å². The summed E-state index contributed by atoms with van der Waals surface area (Å²) in [6.45, 7) is 6.05. The molecule has 0 aromatic carbocycles. The molecule has 0 amide bonds. The van der Waals surface area contributed by atoms with Gasteiger partial charge in [0.05, 0.1) is 17.1 Å². The molecular weight excluding hydrogens is 214 g/mol. The van der Waals surface area contributed by atoms with Crippen LogP contribution in [-0.2, 0) is 12.8 Å². The average molecular weight is 231 g/mol. The van der Waals surface area contributed by atoms with E-state index >= 15 is 0 Å². The Kier molecular flexibility index (Phi) is 3.08. The zero-order chi connectivity index (χ0) is 12.4. The van der Waals surface area contributed by atoms with Crippen molar-refractivity contribution >= 4 is 5.69 Å². The molecule has 2 rings (SSSR count). The molecule has 2 heterocycles. The largest absolute Gasteiger partial charge is 0.396 e. The molecule has 0 radical (unpaired) electrons. The Balaban J connectivity index is 2.54. The van der Waals surface area contributed by atoms with E-state index in [1.165, 1.54) is 0 Å². The van der Waals surface area contributed by atoms with E-state index in [0.29, 0.717) is 5.95 Å². The molecule has 90 valence electrons. The maximum Gasteiger partial charge on any atom is 0.250 e. The van der Waals surface area contributed by atoms with Crippen molar-refractivity contribution in [3.63, 3.8) is 0 Å². The summed E-state index contributed by atoms with van der Waals surface area (Å²) >= 11 is 0. The van der Waals surface area contributed by atoms with E-state index in [-0.39, 0.29) is 0 Å². The van der Waals surface area contributed by atoms with Crippen LogP contribution in [0.5, 0.6) is 0 Å². The molecule has 2 N–H and O–H groups in total. The normalized spacial score (nSPS) is 10.8. The van der Waals surface area contributed by atoms with Crippen LogP contribution in [-0.4, -0.2) is 19.7 Å². The van der Waals surface area contributed by atoms with Crippen LogP contribution >= 0.6 is 0 Å². The molecule has 0 fully saturated rings. The van der Waals surface area contributed by atoms with Crippen LogP contribution in [0, 0.1) is 6.92 Å². The number of hydrogen-bond acceptors (Lipinski definition) is 4. The van der Waals surface area contributed by atoms with Gasteiger partial charge in [0.15, 0.2) is 0 Å². The van der Waals surface area contributed by atoms with Gasteiger partial charge in [-0.05, 0) is 25.3 Å². The quantitative estimate of drug-likeness (QED) is 0.872. The van der Waals surface area contributed by atoms with Crippen LogP contribution in [0.25, 0.3) is 5.95 Å². The number of nitrogen functional groups attached to an aromatic ring is 1. The summed E-state index contributed by atoms with van der Waals surface area (Å²) in [5, 5.41) is 4.47. The lowest BCUT2D eigenvalue weighted by Crippen LogP contribution is -2.07. The number of nitrogens with zero attached hydrogens (tertiary/aromatic N) is 4. The Morgan fingerprint density at radius 2 is 1.82 bits per heavy atom. The first-order valence-electron chi connectivity index (χ1n) is 5.82. The molecule has 0 aliphatic heterocycles. The van der Waals surface area contributed by atoms with Crippen molar-refractivity contribution in [2.24, 2.45) is 0 Å². The van der Waals surface area contributed by atoms with E-state index in [2.05, 4.69) is 22.0 Å². The van der Waals surface area contributed by atoms with Crippen LogP contribution in [0.3, 0.4) is 0 Å². The second-order valence-electron chi connectivity index (χ2n) is 3.99. The number of rotatable bonds is 3. The van der Waals surface area contributed by atoms with Crippen LogP contribution in [0.2, 0.25) is 0 Å². The summed E-state index contributed by atoms with van der Waals surface area (Å²) in [5.74, 6) is 0.582. The number of aryl methyl sites for hydroxylation is 2. The van der Waals surface area contributed by atoms with Gasteiger partial charge in [-0.15, -0.1) is 0 Å². The smallest absolute Gasteiger partial charge is 0.250 e. The second-order valence-corrected chi connectivity index (χ2v) is 3.99. The Labute approximate surface area is 101 Å². The minimum absolute atomic E-state index is 0.582. The summed E-state index contributed by atoms with van der Waals surface area (Å²) in [4.78, 5) is 8.56. The number of anilines is 1. The van der Waals surface area contributed by atoms with Gasteiger partial charge in [-0.3, -0.25) is 0 Å². The highest BCUT2D eigenvalue weighted by atomic mass is 15.4. The van der Waals surface area contributed by atoms with Crippen LogP contribution in [0.15, 0.2) is 12.4 Å². The first-order valence-corrected chi connectivity index (χ1v) is 5.82. The van der Waals surface area contributed by atoms with Crippen molar-refractivity contribution in [2.75, 3.05) is 5.73 Å². The molecule has 0 saturated heterocycles. The molecule has 0 spiro atoms. The van der Waals surface area contributed by atoms with Gasteiger partial charge < -0.3 is 5.73 Å². The van der Waals surface area contributed by atoms with Crippen molar-refractivity contribution in [1.29, 1.82) is 0 Å². The van der Waals surface area contributed by atoms with Crippen molar-refractivity contribution in [3.05, 3.63) is 29.3 Å². The monoisotopic (exact) mass is 231 g/mol. The fourth-order valence-electron chi connectivity index (χ4n) is 1.78. The van der Waals surface area contributed by atoms with Gasteiger partial charge in [-0.2, -0.15) is 5.10 Å². The first-order chi connectivity index (χ1) is 8.17. The van der Waals surface area contributed by atoms with Gasteiger partial charge in [0.1, 0.15) is 0 Å². The standard InChI is InChI=1S/C12H17N5/c1-4-9-11(13)10(5-2)17(16-9)12-14-6-8(3)7-15-12/h6-7H,4-5,13H2,1-3H3. The zero-order valence-electron chi connectivity index (χ0n) is 10.4. The van der Waals surface area contributed by atoms with Gasteiger partial charge in [0.25, 0.3) is 5.95 Å². The summed E-state index contributed by atoms with van der Waals surface area (Å²) in [6, 6.07) is 0. The second kappa shape index (κ2) is 4.53. The molecule has 5 heteroatoms. The molecule has 2 aromatic heterocycles. The molecule has 17 heavy (non-hydrogen) atoms. The Hall–Kier alpha value is -1.91. The minimum atomic E-state index is 0.582. The van der Waals surface area contributed by atoms with E-state index in [1.54, 1.807) is 17.1 Å². The van der Waals surface area contributed by atoms with Crippen LogP contribution < -0.4 is 5.73 Å². The molecular formula is C12H17N5. The fraction of sp³-hybridized carbons (Fsp3) is 0.417. The van der Waals surface area contributed by atoms with Gasteiger partial charge in [-0.25, -0.2) is 14.6 Å². The highest BCUT2D eigenvalue weighted by Crippen LogP contribution is 2.20. The maximum atomic E-state index is 6.05.